The van der Waals surface area contributed by atoms with Gasteiger partial charge in [0.25, 0.3) is 0 Å². The summed E-state index contributed by atoms with van der Waals surface area (Å²) in [6.07, 6.45) is 0.822. The number of nitrogens with zero attached hydrogens (tertiary/aromatic N) is 1. The fourth-order valence-electron chi connectivity index (χ4n) is 2.38. The van der Waals surface area contributed by atoms with E-state index in [2.05, 4.69) is 33.4 Å². The van der Waals surface area contributed by atoms with Gasteiger partial charge in [0.05, 0.1) is 0 Å². The lowest BCUT2D eigenvalue weighted by molar-refractivity contribution is 0.180. The molecule has 0 aliphatic heterocycles. The van der Waals surface area contributed by atoms with Crippen LogP contribution >= 0.6 is 15.9 Å². The van der Waals surface area contributed by atoms with Crippen LogP contribution in [0.3, 0.4) is 0 Å². The van der Waals surface area contributed by atoms with Crippen LogP contribution in [0.15, 0.2) is 59.1 Å². The molecule has 0 spiro atoms. The summed E-state index contributed by atoms with van der Waals surface area (Å²) in [5.74, 6) is 0. The third kappa shape index (κ3) is 5.71. The Bertz CT molecular complexity index is 628. The average Bonchev–Trinajstić information content (AvgIpc) is 2.53. The second-order valence-electron chi connectivity index (χ2n) is 5.82. The minimum Gasteiger partial charge on any atom is -0.338 e. The molecule has 0 aliphatic carbocycles. The van der Waals surface area contributed by atoms with Crippen molar-refractivity contribution in [3.05, 3.63) is 70.2 Å². The highest BCUT2D eigenvalue weighted by Gasteiger charge is 2.16. The van der Waals surface area contributed by atoms with Crippen LogP contribution in [-0.2, 0) is 13.0 Å². The predicted octanol–water partition coefficient (Wildman–Crippen LogP) is 4.61. The number of hydrogen-bond donors (Lipinski definition) is 1. The number of hydrogen-bond acceptors (Lipinski definition) is 1. The standard InChI is InChI=1S/C19H23BrN2O/c1-15(2)22(14-17-7-4-3-5-8-17)19(23)21-12-11-16-9-6-10-18(20)13-16/h3-10,13,15H,11-12,14H2,1-2H3,(H,21,23). The maximum atomic E-state index is 12.5. The fraction of sp³-hybridized carbons (Fsp3) is 0.316. The van der Waals surface area contributed by atoms with E-state index in [-0.39, 0.29) is 12.1 Å². The monoisotopic (exact) mass is 374 g/mol. The molecule has 2 amide bonds. The van der Waals surface area contributed by atoms with Gasteiger partial charge < -0.3 is 10.2 Å². The number of carbonyl (C=O) groups is 1. The van der Waals surface area contributed by atoms with Crippen LogP contribution in [0.2, 0.25) is 0 Å². The van der Waals surface area contributed by atoms with Gasteiger partial charge in [0, 0.05) is 23.6 Å². The van der Waals surface area contributed by atoms with E-state index >= 15 is 0 Å². The first-order valence-electron chi connectivity index (χ1n) is 7.89. The smallest absolute Gasteiger partial charge is 0.317 e. The molecule has 2 aromatic carbocycles. The number of carbonyl (C=O) groups excluding carboxylic acids is 1. The fourth-order valence-corrected chi connectivity index (χ4v) is 2.82. The first-order valence-corrected chi connectivity index (χ1v) is 8.68. The highest BCUT2D eigenvalue weighted by molar-refractivity contribution is 9.10. The van der Waals surface area contributed by atoms with E-state index in [0.29, 0.717) is 13.1 Å². The van der Waals surface area contributed by atoms with Crippen molar-refractivity contribution in [3.8, 4) is 0 Å². The molecule has 0 fully saturated rings. The van der Waals surface area contributed by atoms with Crippen molar-refractivity contribution in [1.82, 2.24) is 10.2 Å². The number of rotatable bonds is 6. The molecular formula is C19H23BrN2O. The molecule has 2 aromatic rings. The van der Waals surface area contributed by atoms with Crippen molar-refractivity contribution in [1.29, 1.82) is 0 Å². The van der Waals surface area contributed by atoms with Crippen molar-refractivity contribution in [2.75, 3.05) is 6.54 Å². The summed E-state index contributed by atoms with van der Waals surface area (Å²) in [6, 6.07) is 18.4. The summed E-state index contributed by atoms with van der Waals surface area (Å²) in [5, 5.41) is 3.02. The molecule has 0 bridgehead atoms. The number of benzene rings is 2. The van der Waals surface area contributed by atoms with Crippen LogP contribution < -0.4 is 5.32 Å². The molecule has 0 unspecified atom stereocenters. The largest absolute Gasteiger partial charge is 0.338 e. The Morgan fingerprint density at radius 3 is 2.43 bits per heavy atom. The van der Waals surface area contributed by atoms with Crippen molar-refractivity contribution in [2.24, 2.45) is 0 Å². The molecule has 3 nitrogen and oxygen atoms in total. The highest BCUT2D eigenvalue weighted by atomic mass is 79.9. The Balaban J connectivity index is 1.88. The van der Waals surface area contributed by atoms with Crippen molar-refractivity contribution < 1.29 is 4.79 Å². The lowest BCUT2D eigenvalue weighted by Crippen LogP contribution is -2.44. The maximum absolute atomic E-state index is 12.5. The Hall–Kier alpha value is -1.81. The van der Waals surface area contributed by atoms with Crippen LogP contribution in [0.4, 0.5) is 4.79 Å². The summed E-state index contributed by atoms with van der Waals surface area (Å²) in [7, 11) is 0. The average molecular weight is 375 g/mol. The topological polar surface area (TPSA) is 32.3 Å². The molecule has 4 heteroatoms. The van der Waals surface area contributed by atoms with Crippen LogP contribution in [0.25, 0.3) is 0 Å². The first kappa shape index (κ1) is 17.5. The molecule has 0 heterocycles. The van der Waals surface area contributed by atoms with E-state index in [1.54, 1.807) is 0 Å². The molecule has 2 rings (SSSR count). The van der Waals surface area contributed by atoms with Gasteiger partial charge in [0.2, 0.25) is 0 Å². The molecule has 0 radical (unpaired) electrons. The SMILES string of the molecule is CC(C)N(Cc1ccccc1)C(=O)NCCc1cccc(Br)c1. The number of nitrogens with one attached hydrogen (secondary N) is 1. The van der Waals surface area contributed by atoms with Gasteiger partial charge in [0.15, 0.2) is 0 Å². The molecule has 122 valence electrons. The third-order valence-corrected chi connectivity index (χ3v) is 4.15. The van der Waals surface area contributed by atoms with Gasteiger partial charge in [-0.2, -0.15) is 0 Å². The van der Waals surface area contributed by atoms with Gasteiger partial charge in [0.1, 0.15) is 0 Å². The van der Waals surface area contributed by atoms with Crippen LogP contribution in [0.1, 0.15) is 25.0 Å². The second kappa shape index (κ2) is 8.73. The van der Waals surface area contributed by atoms with Crippen molar-refractivity contribution in [3.63, 3.8) is 0 Å². The van der Waals surface area contributed by atoms with Crippen LogP contribution in [0.5, 0.6) is 0 Å². The van der Waals surface area contributed by atoms with E-state index in [4.69, 9.17) is 0 Å². The molecule has 1 N–H and O–H groups in total. The number of amides is 2. The molecule has 23 heavy (non-hydrogen) atoms. The van der Waals surface area contributed by atoms with E-state index in [1.807, 2.05) is 61.2 Å². The number of urea groups is 1. The molecule has 0 saturated carbocycles. The summed E-state index contributed by atoms with van der Waals surface area (Å²) in [5.41, 5.74) is 2.35. The summed E-state index contributed by atoms with van der Waals surface area (Å²) < 4.78 is 1.06. The summed E-state index contributed by atoms with van der Waals surface area (Å²) in [6.45, 7) is 5.34. The van der Waals surface area contributed by atoms with Crippen molar-refractivity contribution >= 4 is 22.0 Å². The van der Waals surface area contributed by atoms with E-state index in [1.165, 1.54) is 5.56 Å². The molecule has 0 aromatic heterocycles. The van der Waals surface area contributed by atoms with Crippen molar-refractivity contribution in [2.45, 2.75) is 32.9 Å². The zero-order valence-electron chi connectivity index (χ0n) is 13.6. The van der Waals surface area contributed by atoms with Gasteiger partial charge in [-0.3, -0.25) is 0 Å². The minimum atomic E-state index is -0.0150. The first-order chi connectivity index (χ1) is 11.1. The molecule has 0 aliphatic rings. The Kier molecular flexibility index (Phi) is 6.66. The summed E-state index contributed by atoms with van der Waals surface area (Å²) in [4.78, 5) is 14.3. The van der Waals surface area contributed by atoms with Gasteiger partial charge in [-0.15, -0.1) is 0 Å². The third-order valence-electron chi connectivity index (χ3n) is 3.66. The zero-order valence-corrected chi connectivity index (χ0v) is 15.2. The predicted molar refractivity (Wildman–Crippen MR) is 98.4 cm³/mol. The normalized spacial score (nSPS) is 10.6. The lowest BCUT2D eigenvalue weighted by atomic mass is 10.1. The Morgan fingerprint density at radius 1 is 1.09 bits per heavy atom. The van der Waals surface area contributed by atoms with Crippen LogP contribution in [-0.4, -0.2) is 23.5 Å². The second-order valence-corrected chi connectivity index (χ2v) is 6.73. The number of halogens is 1. The van der Waals surface area contributed by atoms with Gasteiger partial charge in [-0.1, -0.05) is 58.4 Å². The minimum absolute atomic E-state index is 0.0150. The maximum Gasteiger partial charge on any atom is 0.317 e. The van der Waals surface area contributed by atoms with E-state index < -0.39 is 0 Å². The Morgan fingerprint density at radius 2 is 1.78 bits per heavy atom. The van der Waals surface area contributed by atoms with Gasteiger partial charge >= 0.3 is 6.03 Å². The van der Waals surface area contributed by atoms with Crippen LogP contribution in [0, 0.1) is 0 Å². The van der Waals surface area contributed by atoms with E-state index in [9.17, 15) is 4.79 Å². The molecular weight excluding hydrogens is 352 g/mol. The zero-order chi connectivity index (χ0) is 16.7. The summed E-state index contributed by atoms with van der Waals surface area (Å²) >= 11 is 3.47. The Labute approximate surface area is 146 Å². The van der Waals surface area contributed by atoms with E-state index in [0.717, 1.165) is 16.5 Å². The quantitative estimate of drug-likeness (QED) is 0.786. The van der Waals surface area contributed by atoms with Gasteiger partial charge in [-0.05, 0) is 43.5 Å². The lowest BCUT2D eigenvalue weighted by Gasteiger charge is -2.27. The molecule has 0 atom stereocenters. The molecule has 0 saturated heterocycles. The highest BCUT2D eigenvalue weighted by Crippen LogP contribution is 2.12. The van der Waals surface area contributed by atoms with Gasteiger partial charge in [-0.25, -0.2) is 4.79 Å².